The van der Waals surface area contributed by atoms with Gasteiger partial charge in [0.1, 0.15) is 5.60 Å². The maximum Gasteiger partial charge on any atom is 0.313 e. The van der Waals surface area contributed by atoms with Crippen LogP contribution in [0.25, 0.3) is 0 Å². The third-order valence-electron chi connectivity index (χ3n) is 2.88. The van der Waals surface area contributed by atoms with Gasteiger partial charge < -0.3 is 4.74 Å². The van der Waals surface area contributed by atoms with Crippen LogP contribution < -0.4 is 0 Å². The van der Waals surface area contributed by atoms with Crippen LogP contribution in [0.1, 0.15) is 44.2 Å². The van der Waals surface area contributed by atoms with E-state index in [9.17, 15) is 4.79 Å². The highest BCUT2D eigenvalue weighted by Gasteiger charge is 2.32. The fourth-order valence-corrected chi connectivity index (χ4v) is 2.57. The van der Waals surface area contributed by atoms with E-state index in [0.29, 0.717) is 0 Å². The Bertz CT molecular complexity index is 446. The van der Waals surface area contributed by atoms with Crippen molar-refractivity contribution >= 4 is 21.9 Å². The van der Waals surface area contributed by atoms with Crippen LogP contribution in [0.3, 0.4) is 0 Å². The van der Waals surface area contributed by atoms with Crippen molar-refractivity contribution in [1.82, 2.24) is 0 Å². The number of hydrogen-bond acceptors (Lipinski definition) is 2. The summed E-state index contributed by atoms with van der Waals surface area (Å²) >= 11 is 3.45. The Labute approximate surface area is 110 Å². The summed E-state index contributed by atoms with van der Waals surface area (Å²) in [6, 6.07) is 6.15. The van der Waals surface area contributed by atoms with Gasteiger partial charge in [-0.3, -0.25) is 4.79 Å². The molecule has 0 bridgehead atoms. The molecule has 1 aromatic carbocycles. The molecule has 3 heteroatoms. The van der Waals surface area contributed by atoms with Crippen LogP contribution in [0.5, 0.6) is 0 Å². The quantitative estimate of drug-likeness (QED) is 0.737. The number of ether oxygens (including phenoxy) is 1. The maximum absolute atomic E-state index is 12.1. The van der Waals surface area contributed by atoms with Crippen molar-refractivity contribution in [3.8, 4) is 0 Å². The third-order valence-corrected chi connectivity index (χ3v) is 3.37. The van der Waals surface area contributed by atoms with Crippen LogP contribution >= 0.6 is 15.9 Å². The lowest BCUT2D eigenvalue weighted by atomic mass is 10.0. The van der Waals surface area contributed by atoms with Gasteiger partial charge in [-0.25, -0.2) is 0 Å². The van der Waals surface area contributed by atoms with Gasteiger partial charge in [0.15, 0.2) is 0 Å². The van der Waals surface area contributed by atoms with Crippen molar-refractivity contribution in [2.24, 2.45) is 0 Å². The minimum atomic E-state index is -0.411. The first-order valence-electron chi connectivity index (χ1n) is 5.88. The summed E-state index contributed by atoms with van der Waals surface area (Å²) < 4.78 is 6.48. The Morgan fingerprint density at radius 2 is 2.12 bits per heavy atom. The van der Waals surface area contributed by atoms with Crippen molar-refractivity contribution in [3.63, 3.8) is 0 Å². The summed E-state index contributed by atoms with van der Waals surface area (Å²) in [5, 5.41) is 0. The molecule has 92 valence electrons. The number of halogens is 1. The fourth-order valence-electron chi connectivity index (χ4n) is 2.19. The van der Waals surface area contributed by atoms with E-state index >= 15 is 0 Å². The molecule has 1 aliphatic rings. The van der Waals surface area contributed by atoms with Crippen molar-refractivity contribution < 1.29 is 9.53 Å². The second-order valence-corrected chi connectivity index (χ2v) is 6.38. The molecule has 2 nitrogen and oxygen atoms in total. The highest BCUT2D eigenvalue weighted by molar-refractivity contribution is 9.10. The van der Waals surface area contributed by atoms with Crippen LogP contribution in [0.15, 0.2) is 22.7 Å². The first kappa shape index (κ1) is 12.6. The molecule has 0 radical (unpaired) electrons. The second-order valence-electron chi connectivity index (χ2n) is 5.47. The molecule has 0 amide bonds. The zero-order valence-corrected chi connectivity index (χ0v) is 12.0. The Morgan fingerprint density at radius 3 is 2.76 bits per heavy atom. The molecule has 0 saturated heterocycles. The molecule has 0 aliphatic heterocycles. The summed E-state index contributed by atoms with van der Waals surface area (Å²) in [5.41, 5.74) is 1.98. The van der Waals surface area contributed by atoms with Crippen molar-refractivity contribution in [1.29, 1.82) is 0 Å². The average molecular weight is 297 g/mol. The van der Waals surface area contributed by atoms with Gasteiger partial charge in [-0.1, -0.05) is 22.0 Å². The smallest absolute Gasteiger partial charge is 0.313 e. The van der Waals surface area contributed by atoms with Crippen LogP contribution in [-0.4, -0.2) is 11.6 Å². The molecular weight excluding hydrogens is 280 g/mol. The molecule has 0 fully saturated rings. The molecule has 0 aromatic heterocycles. The Hall–Kier alpha value is -0.830. The summed E-state index contributed by atoms with van der Waals surface area (Å²) in [4.78, 5) is 12.1. The van der Waals surface area contributed by atoms with E-state index in [0.717, 1.165) is 22.9 Å². The van der Waals surface area contributed by atoms with Crippen LogP contribution in [0.4, 0.5) is 0 Å². The lowest BCUT2D eigenvalue weighted by Gasteiger charge is -2.22. The maximum atomic E-state index is 12.1. The van der Waals surface area contributed by atoms with Gasteiger partial charge in [0, 0.05) is 4.47 Å². The Kier molecular flexibility index (Phi) is 3.30. The molecule has 0 N–H and O–H groups in total. The largest absolute Gasteiger partial charge is 0.459 e. The third kappa shape index (κ3) is 2.89. The molecular formula is C14H17BrO2. The highest BCUT2D eigenvalue weighted by Crippen LogP contribution is 2.36. The highest BCUT2D eigenvalue weighted by atomic mass is 79.9. The molecule has 1 atom stereocenters. The van der Waals surface area contributed by atoms with Gasteiger partial charge >= 0.3 is 5.97 Å². The van der Waals surface area contributed by atoms with Crippen LogP contribution in [0, 0.1) is 0 Å². The average Bonchev–Trinajstić information content (AvgIpc) is 2.57. The van der Waals surface area contributed by atoms with Gasteiger partial charge in [0.2, 0.25) is 0 Å². The summed E-state index contributed by atoms with van der Waals surface area (Å²) in [5.74, 6) is -0.198. The molecule has 17 heavy (non-hydrogen) atoms. The van der Waals surface area contributed by atoms with Gasteiger partial charge in [-0.2, -0.15) is 0 Å². The number of hydrogen-bond donors (Lipinski definition) is 0. The standard InChI is InChI=1S/C14H17BrO2/c1-14(2,3)17-13(16)11-7-5-9-4-6-10(15)8-12(9)11/h4,6,8,11H,5,7H2,1-3H3/t11-/m1/s1. The monoisotopic (exact) mass is 296 g/mol. The van der Waals surface area contributed by atoms with E-state index < -0.39 is 5.60 Å². The number of benzene rings is 1. The molecule has 0 spiro atoms. The fraction of sp³-hybridized carbons (Fsp3) is 0.500. The van der Waals surface area contributed by atoms with Crippen LogP contribution in [-0.2, 0) is 16.0 Å². The van der Waals surface area contributed by atoms with E-state index in [4.69, 9.17) is 4.74 Å². The number of aryl methyl sites for hydroxylation is 1. The normalized spacial score (nSPS) is 18.9. The van der Waals surface area contributed by atoms with E-state index in [2.05, 4.69) is 22.0 Å². The van der Waals surface area contributed by atoms with E-state index in [1.54, 1.807) is 0 Å². The minimum absolute atomic E-state index is 0.0956. The van der Waals surface area contributed by atoms with Crippen molar-refractivity contribution in [2.45, 2.75) is 45.1 Å². The lowest BCUT2D eigenvalue weighted by molar-refractivity contribution is -0.156. The Balaban J connectivity index is 2.22. The minimum Gasteiger partial charge on any atom is -0.459 e. The topological polar surface area (TPSA) is 26.3 Å². The van der Waals surface area contributed by atoms with E-state index in [1.807, 2.05) is 32.9 Å². The summed E-state index contributed by atoms with van der Waals surface area (Å²) in [7, 11) is 0. The number of esters is 1. The summed E-state index contributed by atoms with van der Waals surface area (Å²) in [6.45, 7) is 5.71. The Morgan fingerprint density at radius 1 is 1.41 bits per heavy atom. The van der Waals surface area contributed by atoms with Crippen molar-refractivity contribution in [2.75, 3.05) is 0 Å². The zero-order valence-electron chi connectivity index (χ0n) is 10.4. The molecule has 0 heterocycles. The second kappa shape index (κ2) is 4.45. The van der Waals surface area contributed by atoms with Gasteiger partial charge in [-0.05, 0) is 56.9 Å². The predicted octanol–water partition coefficient (Wildman–Crippen LogP) is 3.82. The summed E-state index contributed by atoms with van der Waals surface area (Å²) in [6.07, 6.45) is 1.83. The zero-order chi connectivity index (χ0) is 12.6. The molecule has 0 saturated carbocycles. The lowest BCUT2D eigenvalue weighted by Crippen LogP contribution is -2.27. The van der Waals surface area contributed by atoms with Gasteiger partial charge in [0.05, 0.1) is 5.92 Å². The molecule has 1 aromatic rings. The first-order valence-corrected chi connectivity index (χ1v) is 6.67. The number of carbonyl (C=O) groups excluding carboxylic acids is 1. The van der Waals surface area contributed by atoms with Gasteiger partial charge in [0.25, 0.3) is 0 Å². The van der Waals surface area contributed by atoms with Crippen molar-refractivity contribution in [3.05, 3.63) is 33.8 Å². The predicted molar refractivity (Wildman–Crippen MR) is 71.0 cm³/mol. The number of carbonyl (C=O) groups is 1. The molecule has 1 aliphatic carbocycles. The van der Waals surface area contributed by atoms with Gasteiger partial charge in [-0.15, -0.1) is 0 Å². The van der Waals surface area contributed by atoms with E-state index in [1.165, 1.54) is 5.56 Å². The first-order chi connectivity index (χ1) is 7.87. The number of rotatable bonds is 1. The van der Waals surface area contributed by atoms with E-state index in [-0.39, 0.29) is 11.9 Å². The molecule has 2 rings (SSSR count). The van der Waals surface area contributed by atoms with Crippen LogP contribution in [0.2, 0.25) is 0 Å². The molecule has 0 unspecified atom stereocenters. The SMILES string of the molecule is CC(C)(C)OC(=O)[C@@H]1CCc2ccc(Br)cc21. The number of fused-ring (bicyclic) bond motifs is 1.